The molecular formula is C22H19N3O2. The number of nitrogens with two attached hydrogens (primary N) is 1. The number of carbonyl (C=O) groups excluding carboxylic acids is 2. The van der Waals surface area contributed by atoms with Crippen molar-refractivity contribution in [2.45, 2.75) is 13.0 Å². The molecule has 0 saturated carbocycles. The number of aromatic nitrogens is 1. The number of fused-ring (bicyclic) bond motifs is 1. The van der Waals surface area contributed by atoms with Crippen LogP contribution in [0, 0.1) is 0 Å². The topological polar surface area (TPSA) is 76.3 Å². The van der Waals surface area contributed by atoms with Gasteiger partial charge in [-0.25, -0.2) is 0 Å². The van der Waals surface area contributed by atoms with E-state index in [-0.39, 0.29) is 5.91 Å². The van der Waals surface area contributed by atoms with Crippen LogP contribution >= 0.6 is 0 Å². The molecule has 4 rings (SSSR count). The third-order valence-electron chi connectivity index (χ3n) is 4.94. The van der Waals surface area contributed by atoms with Crippen molar-refractivity contribution in [1.82, 2.24) is 9.88 Å². The molecule has 2 amide bonds. The lowest BCUT2D eigenvalue weighted by Crippen LogP contribution is -2.36. The van der Waals surface area contributed by atoms with Gasteiger partial charge >= 0.3 is 0 Å². The van der Waals surface area contributed by atoms with E-state index in [9.17, 15) is 9.59 Å². The summed E-state index contributed by atoms with van der Waals surface area (Å²) in [5.41, 5.74) is 10.7. The fourth-order valence-corrected chi connectivity index (χ4v) is 3.52. The van der Waals surface area contributed by atoms with E-state index in [1.165, 1.54) is 5.56 Å². The molecule has 1 aliphatic heterocycles. The van der Waals surface area contributed by atoms with Gasteiger partial charge in [0, 0.05) is 36.6 Å². The van der Waals surface area contributed by atoms with Crippen molar-refractivity contribution < 1.29 is 9.59 Å². The van der Waals surface area contributed by atoms with Gasteiger partial charge in [-0.3, -0.25) is 14.6 Å². The highest BCUT2D eigenvalue weighted by atomic mass is 16.2. The summed E-state index contributed by atoms with van der Waals surface area (Å²) in [6.45, 7) is 1.23. The fourth-order valence-electron chi connectivity index (χ4n) is 3.52. The van der Waals surface area contributed by atoms with Gasteiger partial charge in [-0.05, 0) is 52.9 Å². The Labute approximate surface area is 157 Å². The summed E-state index contributed by atoms with van der Waals surface area (Å²) in [6, 6.07) is 16.9. The van der Waals surface area contributed by atoms with Gasteiger partial charge < -0.3 is 10.6 Å². The molecule has 5 heteroatoms. The Morgan fingerprint density at radius 3 is 2.52 bits per heavy atom. The van der Waals surface area contributed by atoms with Crippen molar-refractivity contribution in [2.24, 2.45) is 5.73 Å². The molecule has 0 unspecified atom stereocenters. The zero-order valence-electron chi connectivity index (χ0n) is 14.8. The number of rotatable bonds is 3. The fraction of sp³-hybridized carbons (Fsp3) is 0.136. The third kappa shape index (κ3) is 3.31. The van der Waals surface area contributed by atoms with E-state index in [2.05, 4.69) is 17.1 Å². The average Bonchev–Trinajstić information content (AvgIpc) is 2.73. The zero-order chi connectivity index (χ0) is 18.8. The third-order valence-corrected chi connectivity index (χ3v) is 4.94. The molecule has 0 bridgehead atoms. The van der Waals surface area contributed by atoms with Crippen LogP contribution in [0.15, 0.2) is 67.0 Å². The molecule has 0 aliphatic carbocycles. The molecule has 0 spiro atoms. The van der Waals surface area contributed by atoms with Crippen LogP contribution in [0.2, 0.25) is 0 Å². The lowest BCUT2D eigenvalue weighted by Gasteiger charge is -2.29. The van der Waals surface area contributed by atoms with Crippen LogP contribution < -0.4 is 5.73 Å². The van der Waals surface area contributed by atoms with Crippen LogP contribution in [0.4, 0.5) is 0 Å². The van der Waals surface area contributed by atoms with Crippen molar-refractivity contribution in [3.8, 4) is 11.1 Å². The Bertz CT molecular complexity index is 1020. The van der Waals surface area contributed by atoms with Crippen molar-refractivity contribution in [3.63, 3.8) is 0 Å². The van der Waals surface area contributed by atoms with Gasteiger partial charge in [-0.15, -0.1) is 0 Å². The van der Waals surface area contributed by atoms with Gasteiger partial charge in [0.05, 0.1) is 0 Å². The molecule has 0 atom stereocenters. The first-order chi connectivity index (χ1) is 13.1. The Morgan fingerprint density at radius 2 is 1.74 bits per heavy atom. The number of nitrogens with zero attached hydrogens (tertiary/aromatic N) is 2. The SMILES string of the molecule is NC(=O)c1ccccc1-c1ccc2c(c1)CN(C(=O)c1ccncc1)CC2. The number of amides is 2. The molecule has 1 aliphatic rings. The first kappa shape index (κ1) is 17.0. The summed E-state index contributed by atoms with van der Waals surface area (Å²) in [7, 11) is 0. The summed E-state index contributed by atoms with van der Waals surface area (Å²) in [5, 5.41) is 0. The van der Waals surface area contributed by atoms with E-state index in [1.54, 1.807) is 36.7 Å². The molecule has 0 radical (unpaired) electrons. The first-order valence-electron chi connectivity index (χ1n) is 8.84. The molecule has 27 heavy (non-hydrogen) atoms. The molecule has 2 heterocycles. The zero-order valence-corrected chi connectivity index (χ0v) is 14.8. The Hall–Kier alpha value is -3.47. The predicted octanol–water partition coefficient (Wildman–Crippen LogP) is 3.05. The summed E-state index contributed by atoms with van der Waals surface area (Å²) in [6.07, 6.45) is 4.07. The summed E-state index contributed by atoms with van der Waals surface area (Å²) in [4.78, 5) is 30.3. The highest BCUT2D eigenvalue weighted by Gasteiger charge is 2.22. The molecule has 5 nitrogen and oxygen atoms in total. The van der Waals surface area contributed by atoms with Gasteiger partial charge in [-0.2, -0.15) is 0 Å². The predicted molar refractivity (Wildman–Crippen MR) is 103 cm³/mol. The maximum atomic E-state index is 12.7. The second-order valence-electron chi connectivity index (χ2n) is 6.61. The van der Waals surface area contributed by atoms with E-state index in [4.69, 9.17) is 5.73 Å². The number of primary amides is 1. The maximum absolute atomic E-state index is 12.7. The van der Waals surface area contributed by atoms with E-state index in [1.807, 2.05) is 23.1 Å². The number of carbonyl (C=O) groups is 2. The molecular weight excluding hydrogens is 338 g/mol. The quantitative estimate of drug-likeness (QED) is 0.783. The summed E-state index contributed by atoms with van der Waals surface area (Å²) < 4.78 is 0. The first-order valence-corrected chi connectivity index (χ1v) is 8.84. The molecule has 2 aromatic carbocycles. The average molecular weight is 357 g/mol. The molecule has 134 valence electrons. The summed E-state index contributed by atoms with van der Waals surface area (Å²) >= 11 is 0. The van der Waals surface area contributed by atoms with E-state index >= 15 is 0 Å². The van der Waals surface area contributed by atoms with Gasteiger partial charge in [0.2, 0.25) is 5.91 Å². The van der Waals surface area contributed by atoms with Crippen LogP contribution in [-0.4, -0.2) is 28.2 Å². The smallest absolute Gasteiger partial charge is 0.254 e. The largest absolute Gasteiger partial charge is 0.366 e. The minimum Gasteiger partial charge on any atom is -0.366 e. The number of benzene rings is 2. The Balaban J connectivity index is 1.66. The molecule has 2 N–H and O–H groups in total. The van der Waals surface area contributed by atoms with E-state index in [0.717, 1.165) is 23.1 Å². The van der Waals surface area contributed by atoms with Gasteiger partial charge in [0.1, 0.15) is 0 Å². The van der Waals surface area contributed by atoms with Crippen molar-refractivity contribution >= 4 is 11.8 Å². The summed E-state index contributed by atoms with van der Waals surface area (Å²) in [5.74, 6) is -0.441. The lowest BCUT2D eigenvalue weighted by atomic mass is 9.92. The monoisotopic (exact) mass is 357 g/mol. The standard InChI is InChI=1S/C22H19N3O2/c23-21(26)20-4-2-1-3-19(20)17-6-5-15-9-12-25(14-18(15)13-17)22(27)16-7-10-24-11-8-16/h1-8,10-11,13H,9,12,14H2,(H2,23,26). The number of hydrogen-bond donors (Lipinski definition) is 1. The highest BCUT2D eigenvalue weighted by molar-refractivity contribution is 6.00. The van der Waals surface area contributed by atoms with Crippen LogP contribution in [0.25, 0.3) is 11.1 Å². The molecule has 0 saturated heterocycles. The molecule has 3 aromatic rings. The number of pyridine rings is 1. The highest BCUT2D eigenvalue weighted by Crippen LogP contribution is 2.29. The molecule has 1 aromatic heterocycles. The van der Waals surface area contributed by atoms with Gasteiger partial charge in [-0.1, -0.05) is 30.3 Å². The Morgan fingerprint density at radius 1 is 0.963 bits per heavy atom. The van der Waals surface area contributed by atoms with Gasteiger partial charge in [0.15, 0.2) is 0 Å². The van der Waals surface area contributed by atoms with Crippen molar-refractivity contribution in [3.05, 3.63) is 89.2 Å². The maximum Gasteiger partial charge on any atom is 0.254 e. The second kappa shape index (κ2) is 7.03. The van der Waals surface area contributed by atoms with Crippen LogP contribution in [0.5, 0.6) is 0 Å². The number of hydrogen-bond acceptors (Lipinski definition) is 3. The minimum atomic E-state index is -0.446. The second-order valence-corrected chi connectivity index (χ2v) is 6.61. The lowest BCUT2D eigenvalue weighted by molar-refractivity contribution is 0.0734. The van der Waals surface area contributed by atoms with Crippen LogP contribution in [0.1, 0.15) is 31.8 Å². The van der Waals surface area contributed by atoms with Crippen molar-refractivity contribution in [1.29, 1.82) is 0 Å². The van der Waals surface area contributed by atoms with E-state index in [0.29, 0.717) is 24.2 Å². The van der Waals surface area contributed by atoms with Crippen LogP contribution in [0.3, 0.4) is 0 Å². The van der Waals surface area contributed by atoms with Gasteiger partial charge in [0.25, 0.3) is 5.91 Å². The van der Waals surface area contributed by atoms with Crippen LogP contribution in [-0.2, 0) is 13.0 Å². The molecule has 0 fully saturated rings. The van der Waals surface area contributed by atoms with Crippen molar-refractivity contribution in [2.75, 3.05) is 6.54 Å². The normalized spacial score (nSPS) is 13.1. The minimum absolute atomic E-state index is 0.00555. The van der Waals surface area contributed by atoms with E-state index < -0.39 is 5.91 Å². The Kier molecular flexibility index (Phi) is 4.42.